The largest absolute Gasteiger partial charge is 0.322 e. The second kappa shape index (κ2) is 9.60. The van der Waals surface area contributed by atoms with E-state index in [9.17, 15) is 23.6 Å². The first kappa shape index (κ1) is 23.2. The van der Waals surface area contributed by atoms with E-state index in [1.807, 2.05) is 6.07 Å². The van der Waals surface area contributed by atoms with E-state index >= 15 is 0 Å². The Morgan fingerprint density at radius 3 is 2.31 bits per heavy atom. The quantitative estimate of drug-likeness (QED) is 0.662. The van der Waals surface area contributed by atoms with Crippen LogP contribution in [-0.4, -0.2) is 41.6 Å². The summed E-state index contributed by atoms with van der Waals surface area (Å²) in [5.74, 6) is -1.60. The number of fused-ring (bicyclic) bond motifs is 2. The van der Waals surface area contributed by atoms with Gasteiger partial charge in [-0.2, -0.15) is 0 Å². The highest BCUT2D eigenvalue weighted by atomic mass is 19.1. The van der Waals surface area contributed by atoms with Gasteiger partial charge in [-0.3, -0.25) is 24.1 Å². The minimum Gasteiger partial charge on any atom is -0.322 e. The van der Waals surface area contributed by atoms with Crippen LogP contribution in [0.4, 0.5) is 15.8 Å². The third-order valence-corrected chi connectivity index (χ3v) is 7.39. The number of carbonyl (C=O) groups excluding carboxylic acids is 4. The Kier molecular flexibility index (Phi) is 6.36. The van der Waals surface area contributed by atoms with Crippen LogP contribution in [0.15, 0.2) is 42.5 Å². The molecule has 2 heterocycles. The Bertz CT molecular complexity index is 1160. The molecule has 0 spiro atoms. The summed E-state index contributed by atoms with van der Waals surface area (Å²) < 4.78 is 13.2. The standard InChI is InChI=1S/C27H28FN3O4/c28-18-12-10-17(11-13-18)25(33)29-22-8-3-9-23-21(22)7-4-15-30(23)24(32)14-16-31-26(34)19-5-1-2-6-20(19)27(31)35/h3,8-13,19-20H,1-2,4-7,14-16H2,(H,29,33). The molecule has 0 bridgehead atoms. The highest BCUT2D eigenvalue weighted by Gasteiger charge is 2.48. The number of rotatable bonds is 5. The fourth-order valence-electron chi connectivity index (χ4n) is 5.59. The molecule has 2 fully saturated rings. The maximum Gasteiger partial charge on any atom is 0.255 e. The van der Waals surface area contributed by atoms with Crippen molar-refractivity contribution in [2.45, 2.75) is 44.9 Å². The molecule has 2 atom stereocenters. The van der Waals surface area contributed by atoms with Crippen LogP contribution in [0.2, 0.25) is 0 Å². The zero-order valence-corrected chi connectivity index (χ0v) is 19.5. The molecule has 1 saturated heterocycles. The maximum absolute atomic E-state index is 13.2. The first-order valence-corrected chi connectivity index (χ1v) is 12.3. The van der Waals surface area contributed by atoms with Gasteiger partial charge in [0.05, 0.1) is 11.8 Å². The third kappa shape index (κ3) is 4.45. The van der Waals surface area contributed by atoms with Crippen LogP contribution in [0.1, 0.15) is 54.4 Å². The normalized spacial score (nSPS) is 21.5. The van der Waals surface area contributed by atoms with Crippen molar-refractivity contribution in [2.75, 3.05) is 23.3 Å². The monoisotopic (exact) mass is 477 g/mol. The van der Waals surface area contributed by atoms with Crippen LogP contribution in [0, 0.1) is 17.7 Å². The molecule has 2 unspecified atom stereocenters. The predicted octanol–water partition coefficient (Wildman–Crippen LogP) is 3.92. The summed E-state index contributed by atoms with van der Waals surface area (Å²) in [6.07, 6.45) is 4.95. The number of imide groups is 1. The van der Waals surface area contributed by atoms with Gasteiger partial charge in [-0.25, -0.2) is 4.39 Å². The Hall–Kier alpha value is -3.55. The van der Waals surface area contributed by atoms with Crippen molar-refractivity contribution < 1.29 is 23.6 Å². The number of nitrogens with zero attached hydrogens (tertiary/aromatic N) is 2. The number of nitrogens with one attached hydrogen (secondary N) is 1. The smallest absolute Gasteiger partial charge is 0.255 e. The molecule has 0 radical (unpaired) electrons. The molecule has 2 aromatic carbocycles. The number of amides is 4. The molecule has 1 aliphatic carbocycles. The van der Waals surface area contributed by atoms with Gasteiger partial charge in [0, 0.05) is 36.4 Å². The summed E-state index contributed by atoms with van der Waals surface area (Å²) in [7, 11) is 0. The maximum atomic E-state index is 13.2. The van der Waals surface area contributed by atoms with E-state index in [1.165, 1.54) is 29.2 Å². The molecular weight excluding hydrogens is 449 g/mol. The average molecular weight is 478 g/mol. The number of hydrogen-bond donors (Lipinski definition) is 1. The molecule has 0 aromatic heterocycles. The summed E-state index contributed by atoms with van der Waals surface area (Å²) in [5.41, 5.74) is 2.55. The third-order valence-electron chi connectivity index (χ3n) is 7.39. The number of halogens is 1. The number of carbonyl (C=O) groups is 4. The molecule has 1 saturated carbocycles. The second-order valence-corrected chi connectivity index (χ2v) is 9.49. The summed E-state index contributed by atoms with van der Waals surface area (Å²) in [6, 6.07) is 10.7. The van der Waals surface area contributed by atoms with E-state index in [4.69, 9.17) is 0 Å². The van der Waals surface area contributed by atoms with Gasteiger partial charge >= 0.3 is 0 Å². The van der Waals surface area contributed by atoms with E-state index in [-0.39, 0.29) is 48.4 Å². The Morgan fingerprint density at radius 1 is 0.943 bits per heavy atom. The first-order valence-electron chi connectivity index (χ1n) is 12.3. The lowest BCUT2D eigenvalue weighted by molar-refractivity contribution is -0.140. The van der Waals surface area contributed by atoms with Crippen molar-refractivity contribution in [2.24, 2.45) is 11.8 Å². The molecule has 8 heteroatoms. The zero-order valence-electron chi connectivity index (χ0n) is 19.5. The van der Waals surface area contributed by atoms with E-state index in [0.29, 0.717) is 24.2 Å². The molecule has 7 nitrogen and oxygen atoms in total. The lowest BCUT2D eigenvalue weighted by Crippen LogP contribution is -2.39. The topological polar surface area (TPSA) is 86.8 Å². The van der Waals surface area contributed by atoms with E-state index in [2.05, 4.69) is 5.32 Å². The van der Waals surface area contributed by atoms with E-state index < -0.39 is 5.82 Å². The summed E-state index contributed by atoms with van der Waals surface area (Å²) in [5, 5.41) is 2.89. The first-order chi connectivity index (χ1) is 16.9. The van der Waals surface area contributed by atoms with Crippen LogP contribution in [0.25, 0.3) is 0 Å². The van der Waals surface area contributed by atoms with Gasteiger partial charge in [0.1, 0.15) is 5.82 Å². The Balaban J connectivity index is 1.28. The van der Waals surface area contributed by atoms with Gasteiger partial charge in [-0.05, 0) is 67.6 Å². The minimum atomic E-state index is -0.413. The number of benzene rings is 2. The molecule has 1 N–H and O–H groups in total. The van der Waals surface area contributed by atoms with Gasteiger partial charge in [0.15, 0.2) is 0 Å². The Labute approximate surface area is 203 Å². The van der Waals surface area contributed by atoms with Crippen LogP contribution >= 0.6 is 0 Å². The minimum absolute atomic E-state index is 0.0720. The number of hydrogen-bond acceptors (Lipinski definition) is 4. The summed E-state index contributed by atoms with van der Waals surface area (Å²) >= 11 is 0. The zero-order chi connectivity index (χ0) is 24.5. The van der Waals surface area contributed by atoms with Crippen molar-refractivity contribution in [3.8, 4) is 0 Å². The van der Waals surface area contributed by atoms with Crippen LogP contribution in [0.5, 0.6) is 0 Å². The van der Waals surface area contributed by atoms with Crippen molar-refractivity contribution in [3.63, 3.8) is 0 Å². The molecular formula is C27H28FN3O4. The predicted molar refractivity (Wildman–Crippen MR) is 128 cm³/mol. The molecule has 182 valence electrons. The van der Waals surface area contributed by atoms with Gasteiger partial charge in [-0.1, -0.05) is 18.9 Å². The molecule has 5 rings (SSSR count). The van der Waals surface area contributed by atoms with Crippen molar-refractivity contribution in [3.05, 3.63) is 59.4 Å². The molecule has 2 aliphatic heterocycles. The highest BCUT2D eigenvalue weighted by molar-refractivity contribution is 6.07. The van der Waals surface area contributed by atoms with Gasteiger partial charge in [-0.15, -0.1) is 0 Å². The van der Waals surface area contributed by atoms with Gasteiger partial charge in [0.25, 0.3) is 5.91 Å². The fraction of sp³-hybridized carbons (Fsp3) is 0.407. The summed E-state index contributed by atoms with van der Waals surface area (Å²) in [6.45, 7) is 0.644. The SMILES string of the molecule is O=C(Nc1cccc2c1CCCN2C(=O)CCN1C(=O)C2CCCCC2C1=O)c1ccc(F)cc1. The van der Waals surface area contributed by atoms with Gasteiger partial charge < -0.3 is 10.2 Å². The van der Waals surface area contributed by atoms with E-state index in [1.54, 1.807) is 17.0 Å². The second-order valence-electron chi connectivity index (χ2n) is 9.49. The highest BCUT2D eigenvalue weighted by Crippen LogP contribution is 2.38. The number of anilines is 2. The fourth-order valence-corrected chi connectivity index (χ4v) is 5.59. The van der Waals surface area contributed by atoms with Crippen LogP contribution in [0.3, 0.4) is 0 Å². The van der Waals surface area contributed by atoms with Crippen LogP contribution in [-0.2, 0) is 20.8 Å². The molecule has 2 aromatic rings. The van der Waals surface area contributed by atoms with Crippen molar-refractivity contribution in [1.82, 2.24) is 4.90 Å². The lowest BCUT2D eigenvalue weighted by Gasteiger charge is -2.31. The molecule has 35 heavy (non-hydrogen) atoms. The number of likely N-dealkylation sites (tertiary alicyclic amines) is 1. The van der Waals surface area contributed by atoms with Crippen LogP contribution < -0.4 is 10.2 Å². The molecule has 3 aliphatic rings. The molecule has 4 amide bonds. The Morgan fingerprint density at radius 2 is 1.63 bits per heavy atom. The van der Waals surface area contributed by atoms with Crippen molar-refractivity contribution in [1.29, 1.82) is 0 Å². The lowest BCUT2D eigenvalue weighted by atomic mass is 9.81. The summed E-state index contributed by atoms with van der Waals surface area (Å²) in [4.78, 5) is 54.3. The average Bonchev–Trinajstić information content (AvgIpc) is 3.12. The van der Waals surface area contributed by atoms with Gasteiger partial charge in [0.2, 0.25) is 17.7 Å². The van der Waals surface area contributed by atoms with E-state index in [0.717, 1.165) is 43.4 Å². The van der Waals surface area contributed by atoms with Crippen molar-refractivity contribution >= 4 is 35.0 Å².